The summed E-state index contributed by atoms with van der Waals surface area (Å²) >= 11 is 0. The third kappa shape index (κ3) is 6.43. The van der Waals surface area contributed by atoms with Gasteiger partial charge in [-0.05, 0) is 24.3 Å². The molecule has 0 radical (unpaired) electrons. The van der Waals surface area contributed by atoms with Crippen LogP contribution in [0.2, 0.25) is 0 Å². The number of carboxylic acid groups (broad SMARTS) is 1. The maximum Gasteiger partial charge on any atom is 0.326 e. The van der Waals surface area contributed by atoms with E-state index < -0.39 is 12.0 Å². The van der Waals surface area contributed by atoms with Gasteiger partial charge >= 0.3 is 5.97 Å². The van der Waals surface area contributed by atoms with E-state index >= 15 is 0 Å². The number of aliphatic carboxylic acids is 1. The number of amides is 1. The van der Waals surface area contributed by atoms with Crippen molar-refractivity contribution in [2.75, 3.05) is 0 Å². The highest BCUT2D eigenvalue weighted by Gasteiger charge is 2.19. The van der Waals surface area contributed by atoms with Crippen LogP contribution in [0.3, 0.4) is 0 Å². The van der Waals surface area contributed by atoms with Crippen molar-refractivity contribution in [3.8, 4) is 0 Å². The molecule has 21 heavy (non-hydrogen) atoms. The zero-order valence-corrected chi connectivity index (χ0v) is 12.8. The van der Waals surface area contributed by atoms with E-state index in [1.165, 1.54) is 5.56 Å². The number of unbranched alkanes of at least 4 members (excludes halogenated alkanes) is 1. The molecule has 116 valence electrons. The van der Waals surface area contributed by atoms with Crippen LogP contribution in [0, 0.1) is 0 Å². The molecule has 4 nitrogen and oxygen atoms in total. The van der Waals surface area contributed by atoms with E-state index in [0.717, 1.165) is 19.3 Å². The first kappa shape index (κ1) is 17.2. The molecule has 2 unspecified atom stereocenters. The summed E-state index contributed by atoms with van der Waals surface area (Å²) in [5, 5.41) is 11.7. The molecule has 0 aliphatic heterocycles. The first-order valence-corrected chi connectivity index (χ1v) is 7.61. The smallest absolute Gasteiger partial charge is 0.326 e. The Labute approximate surface area is 126 Å². The number of hydrogen-bond acceptors (Lipinski definition) is 2. The third-order valence-corrected chi connectivity index (χ3v) is 3.65. The van der Waals surface area contributed by atoms with Crippen LogP contribution in [0.15, 0.2) is 30.3 Å². The van der Waals surface area contributed by atoms with Crippen molar-refractivity contribution in [1.82, 2.24) is 5.32 Å². The van der Waals surface area contributed by atoms with Gasteiger partial charge < -0.3 is 10.4 Å². The monoisotopic (exact) mass is 291 g/mol. The minimum absolute atomic E-state index is 0.179. The number of carbonyl (C=O) groups excluding carboxylic acids is 1. The summed E-state index contributed by atoms with van der Waals surface area (Å²) in [6, 6.07) is 9.26. The maximum atomic E-state index is 11.9. The molecule has 1 aromatic rings. The Hall–Kier alpha value is -1.84. The summed E-state index contributed by atoms with van der Waals surface area (Å²) in [4.78, 5) is 23.0. The normalized spacial score (nSPS) is 13.4. The van der Waals surface area contributed by atoms with Crippen LogP contribution in [-0.2, 0) is 9.59 Å². The van der Waals surface area contributed by atoms with Crippen molar-refractivity contribution in [2.24, 2.45) is 0 Å². The van der Waals surface area contributed by atoms with Gasteiger partial charge in [0.15, 0.2) is 0 Å². The summed E-state index contributed by atoms with van der Waals surface area (Å²) in [6.45, 7) is 4.08. The molecule has 0 aromatic heterocycles. The van der Waals surface area contributed by atoms with Gasteiger partial charge in [-0.3, -0.25) is 4.79 Å². The number of hydrogen-bond donors (Lipinski definition) is 2. The van der Waals surface area contributed by atoms with Gasteiger partial charge in [0.1, 0.15) is 6.04 Å². The van der Waals surface area contributed by atoms with E-state index in [2.05, 4.69) is 12.2 Å². The minimum Gasteiger partial charge on any atom is -0.480 e. The molecule has 0 heterocycles. The fraction of sp³-hybridized carbons (Fsp3) is 0.529. The van der Waals surface area contributed by atoms with Crippen LogP contribution in [0.25, 0.3) is 0 Å². The highest BCUT2D eigenvalue weighted by atomic mass is 16.4. The van der Waals surface area contributed by atoms with Gasteiger partial charge in [-0.2, -0.15) is 0 Å². The molecular formula is C17H25NO3. The van der Waals surface area contributed by atoms with Crippen LogP contribution in [-0.4, -0.2) is 23.0 Å². The molecule has 0 spiro atoms. The largest absolute Gasteiger partial charge is 0.480 e. The van der Waals surface area contributed by atoms with Gasteiger partial charge in [-0.25, -0.2) is 4.79 Å². The maximum absolute atomic E-state index is 11.9. The predicted octanol–water partition coefficient (Wildman–Crippen LogP) is 3.33. The molecule has 0 bridgehead atoms. The third-order valence-electron chi connectivity index (χ3n) is 3.65. The number of carbonyl (C=O) groups is 2. The van der Waals surface area contributed by atoms with E-state index in [1.54, 1.807) is 0 Å². The van der Waals surface area contributed by atoms with Crippen LogP contribution in [0.5, 0.6) is 0 Å². The standard InChI is InChI=1S/C17H25NO3/c1-3-4-10-15(17(20)21)18-16(19)12-11-13(2)14-8-6-5-7-9-14/h5-9,13,15H,3-4,10-12H2,1-2H3,(H,18,19)(H,20,21). The lowest BCUT2D eigenvalue weighted by Crippen LogP contribution is -2.40. The number of benzene rings is 1. The van der Waals surface area contributed by atoms with Crippen LogP contribution in [0.4, 0.5) is 0 Å². The second kappa shape index (κ2) is 9.16. The highest BCUT2D eigenvalue weighted by molar-refractivity contribution is 5.83. The molecule has 1 aromatic carbocycles. The van der Waals surface area contributed by atoms with Crippen molar-refractivity contribution in [2.45, 2.75) is 57.9 Å². The van der Waals surface area contributed by atoms with Crippen molar-refractivity contribution in [1.29, 1.82) is 0 Å². The van der Waals surface area contributed by atoms with E-state index in [0.29, 0.717) is 12.8 Å². The molecule has 2 N–H and O–H groups in total. The van der Waals surface area contributed by atoms with Crippen molar-refractivity contribution < 1.29 is 14.7 Å². The Morgan fingerprint density at radius 3 is 2.43 bits per heavy atom. The molecule has 0 aliphatic carbocycles. The van der Waals surface area contributed by atoms with Crippen LogP contribution in [0.1, 0.15) is 57.4 Å². The highest BCUT2D eigenvalue weighted by Crippen LogP contribution is 2.19. The molecule has 2 atom stereocenters. The fourth-order valence-corrected chi connectivity index (χ4v) is 2.23. The van der Waals surface area contributed by atoms with Crippen molar-refractivity contribution in [3.05, 3.63) is 35.9 Å². The Kier molecular flexibility index (Phi) is 7.51. The molecular weight excluding hydrogens is 266 g/mol. The van der Waals surface area contributed by atoms with Crippen molar-refractivity contribution in [3.63, 3.8) is 0 Å². The van der Waals surface area contributed by atoms with E-state index in [1.807, 2.05) is 37.3 Å². The van der Waals surface area contributed by atoms with E-state index in [9.17, 15) is 9.59 Å². The molecule has 4 heteroatoms. The molecule has 0 aliphatic rings. The fourth-order valence-electron chi connectivity index (χ4n) is 2.23. The van der Waals surface area contributed by atoms with Gasteiger partial charge in [0.25, 0.3) is 0 Å². The van der Waals surface area contributed by atoms with E-state index in [-0.39, 0.29) is 11.8 Å². The zero-order chi connectivity index (χ0) is 15.7. The molecule has 0 saturated carbocycles. The second-order valence-electron chi connectivity index (χ2n) is 5.45. The summed E-state index contributed by atoms with van der Waals surface area (Å²) in [7, 11) is 0. The van der Waals surface area contributed by atoms with Gasteiger partial charge in [-0.15, -0.1) is 0 Å². The lowest BCUT2D eigenvalue weighted by Gasteiger charge is -2.15. The Bertz CT molecular complexity index is 445. The average Bonchev–Trinajstić information content (AvgIpc) is 2.49. The lowest BCUT2D eigenvalue weighted by molar-refractivity contribution is -0.142. The van der Waals surface area contributed by atoms with Crippen molar-refractivity contribution >= 4 is 11.9 Å². The SMILES string of the molecule is CCCCC(NC(=O)CCC(C)c1ccccc1)C(=O)O. The average molecular weight is 291 g/mol. The summed E-state index contributed by atoms with van der Waals surface area (Å²) < 4.78 is 0. The molecule has 1 amide bonds. The first-order chi connectivity index (χ1) is 10.0. The second-order valence-corrected chi connectivity index (χ2v) is 5.45. The topological polar surface area (TPSA) is 66.4 Å². The molecule has 0 saturated heterocycles. The number of nitrogens with one attached hydrogen (secondary N) is 1. The predicted molar refractivity (Wildman–Crippen MR) is 83.2 cm³/mol. The summed E-state index contributed by atoms with van der Waals surface area (Å²) in [5.41, 5.74) is 1.20. The number of rotatable bonds is 9. The summed E-state index contributed by atoms with van der Waals surface area (Å²) in [6.07, 6.45) is 3.29. The minimum atomic E-state index is -0.951. The molecule has 1 rings (SSSR count). The first-order valence-electron chi connectivity index (χ1n) is 7.61. The Balaban J connectivity index is 2.40. The van der Waals surface area contributed by atoms with Gasteiger partial charge in [0.2, 0.25) is 5.91 Å². The lowest BCUT2D eigenvalue weighted by atomic mass is 9.96. The zero-order valence-electron chi connectivity index (χ0n) is 12.8. The van der Waals surface area contributed by atoms with Gasteiger partial charge in [0, 0.05) is 6.42 Å². The van der Waals surface area contributed by atoms with Crippen LogP contribution < -0.4 is 5.32 Å². The number of carboxylic acids is 1. The van der Waals surface area contributed by atoms with E-state index in [4.69, 9.17) is 5.11 Å². The van der Waals surface area contributed by atoms with Gasteiger partial charge in [0.05, 0.1) is 0 Å². The Morgan fingerprint density at radius 1 is 1.19 bits per heavy atom. The summed E-state index contributed by atoms with van der Waals surface area (Å²) in [5.74, 6) is -0.843. The molecule has 0 fully saturated rings. The van der Waals surface area contributed by atoms with Crippen LogP contribution >= 0.6 is 0 Å². The van der Waals surface area contributed by atoms with Gasteiger partial charge in [-0.1, -0.05) is 57.0 Å². The Morgan fingerprint density at radius 2 is 1.86 bits per heavy atom. The quantitative estimate of drug-likeness (QED) is 0.733.